The van der Waals surface area contributed by atoms with Crippen LogP contribution in [-0.2, 0) is 33.7 Å². The van der Waals surface area contributed by atoms with Gasteiger partial charge in [-0.15, -0.1) is 0 Å². The highest BCUT2D eigenvalue weighted by molar-refractivity contribution is 7.46. The number of hydrogen-bond donors (Lipinski definition) is 4. The summed E-state index contributed by atoms with van der Waals surface area (Å²) in [5, 5.41) is 6.10. The number of nitrogens with two attached hydrogens (primary N) is 1. The molecule has 0 spiro atoms. The van der Waals surface area contributed by atoms with Crippen LogP contribution in [0.1, 0.15) is 16.7 Å². The van der Waals surface area contributed by atoms with Crippen LogP contribution in [0.3, 0.4) is 0 Å². The third kappa shape index (κ3) is 7.06. The second-order valence-corrected chi connectivity index (χ2v) is 13.4. The van der Waals surface area contributed by atoms with Gasteiger partial charge in [-0.25, -0.2) is 18.7 Å². The van der Waals surface area contributed by atoms with Gasteiger partial charge < -0.3 is 25.4 Å². The maximum Gasteiger partial charge on any atom is 0.524 e. The van der Waals surface area contributed by atoms with Gasteiger partial charge in [-0.05, 0) is 47.0 Å². The summed E-state index contributed by atoms with van der Waals surface area (Å²) >= 11 is 1.34. The minimum Gasteiger partial charge on any atom is -0.404 e. The minimum absolute atomic E-state index is 0.0520. The normalized spacial score (nSPS) is 18.5. The summed E-state index contributed by atoms with van der Waals surface area (Å²) in [7, 11) is -3.23. The molecular formula is C30H31FN7O7PS. The molecule has 2 aliphatic heterocycles. The first kappa shape index (κ1) is 32.3. The summed E-state index contributed by atoms with van der Waals surface area (Å²) in [6.07, 6.45) is -0.598. The average molecular weight is 684 g/mol. The Hall–Kier alpha value is -4.60. The van der Waals surface area contributed by atoms with Gasteiger partial charge in [-0.3, -0.25) is 24.4 Å². The molecule has 47 heavy (non-hydrogen) atoms. The molecule has 0 saturated carbocycles. The number of aromatic nitrogens is 1. The van der Waals surface area contributed by atoms with E-state index in [1.807, 2.05) is 18.2 Å². The number of rotatable bonds is 9. The fourth-order valence-electron chi connectivity index (χ4n) is 5.86. The molecule has 2 aliphatic rings. The summed E-state index contributed by atoms with van der Waals surface area (Å²) in [4.78, 5) is 66.8. The predicted octanol–water partition coefficient (Wildman–Crippen LogP) is 2.67. The number of nitrogen functional groups attached to an aromatic ring is 1. The van der Waals surface area contributed by atoms with Crippen LogP contribution in [0.15, 0.2) is 66.7 Å². The molecule has 14 nitrogen and oxygen atoms in total. The molecule has 4 aromatic rings. The van der Waals surface area contributed by atoms with Crippen molar-refractivity contribution in [1.82, 2.24) is 30.1 Å². The zero-order valence-corrected chi connectivity index (χ0v) is 26.7. The van der Waals surface area contributed by atoms with Gasteiger partial charge in [0.1, 0.15) is 23.8 Å². The van der Waals surface area contributed by atoms with Gasteiger partial charge in [-0.2, -0.15) is 5.01 Å². The summed E-state index contributed by atoms with van der Waals surface area (Å²) in [5.41, 5.74) is 8.73. The average Bonchev–Trinajstić information content (AvgIpc) is 3.57. The molecule has 0 unspecified atom stereocenters. The Bertz CT molecular complexity index is 1870. The van der Waals surface area contributed by atoms with Crippen LogP contribution >= 0.6 is 19.2 Å². The lowest BCUT2D eigenvalue weighted by molar-refractivity contribution is -0.157. The van der Waals surface area contributed by atoms with Crippen molar-refractivity contribution >= 4 is 52.4 Å². The lowest BCUT2D eigenvalue weighted by Crippen LogP contribution is -2.65. The lowest BCUT2D eigenvalue weighted by Gasteiger charge is -2.45. The van der Waals surface area contributed by atoms with Crippen molar-refractivity contribution in [2.75, 3.05) is 25.9 Å². The number of phosphoric acid groups is 1. The van der Waals surface area contributed by atoms with Crippen molar-refractivity contribution in [3.05, 3.63) is 89.2 Å². The molecule has 17 heteroatoms. The highest BCUT2D eigenvalue weighted by Crippen LogP contribution is 2.38. The van der Waals surface area contributed by atoms with Gasteiger partial charge in [0.25, 0.3) is 0 Å². The van der Waals surface area contributed by atoms with E-state index in [0.29, 0.717) is 21.8 Å². The molecule has 2 saturated heterocycles. The Labute approximate surface area is 272 Å². The van der Waals surface area contributed by atoms with Crippen LogP contribution in [0.5, 0.6) is 5.75 Å². The largest absolute Gasteiger partial charge is 0.524 e. The highest BCUT2D eigenvalue weighted by atomic mass is 32.1. The van der Waals surface area contributed by atoms with Crippen LogP contribution in [-0.4, -0.2) is 84.8 Å². The number of thiazole rings is 1. The van der Waals surface area contributed by atoms with Crippen molar-refractivity contribution in [3.8, 4) is 5.75 Å². The van der Waals surface area contributed by atoms with Crippen molar-refractivity contribution in [3.63, 3.8) is 0 Å². The molecular weight excluding hydrogens is 652 g/mol. The second kappa shape index (κ2) is 12.9. The Kier molecular flexibility index (Phi) is 8.87. The Morgan fingerprint density at radius 3 is 2.53 bits per heavy atom. The summed E-state index contributed by atoms with van der Waals surface area (Å²) < 4.78 is 30.1. The summed E-state index contributed by atoms with van der Waals surface area (Å²) in [6, 6.07) is 15.8. The van der Waals surface area contributed by atoms with E-state index >= 15 is 0 Å². The number of carbonyl (C=O) groups is 3. The maximum absolute atomic E-state index is 14.1. The first-order valence-corrected chi connectivity index (χ1v) is 16.8. The highest BCUT2D eigenvalue weighted by Gasteiger charge is 2.51. The standard InChI is InChI=1S/C30H31FN7O7PS/c1-35(30(41)33-14-19-5-9-21(31)10-6-19)37-17-26(39)38-23(13-18-7-11-22(12-8-18)45-46(42,43)44)28(40)36(16-25(37)38)15-20-3-2-4-24-27(20)34-29(32)47-24/h2-12,23,25H,13-17H2,1H3,(H2,32,34)(H,33,41)(H2,42,43,44)/t23-,25-/m0/s1. The molecule has 2 atom stereocenters. The van der Waals surface area contributed by atoms with Crippen molar-refractivity contribution < 1.29 is 37.6 Å². The van der Waals surface area contributed by atoms with E-state index in [4.69, 9.17) is 15.5 Å². The number of fused-ring (bicyclic) bond motifs is 2. The van der Waals surface area contributed by atoms with E-state index in [0.717, 1.165) is 10.3 Å². The number of nitrogens with one attached hydrogen (secondary N) is 1. The Morgan fingerprint density at radius 2 is 1.83 bits per heavy atom. The van der Waals surface area contributed by atoms with Gasteiger partial charge in [0, 0.05) is 26.6 Å². The molecule has 3 heterocycles. The zero-order valence-electron chi connectivity index (χ0n) is 25.0. The fraction of sp³-hybridized carbons (Fsp3) is 0.267. The van der Waals surface area contributed by atoms with E-state index in [-0.39, 0.29) is 50.2 Å². The predicted molar refractivity (Wildman–Crippen MR) is 170 cm³/mol. The molecule has 3 aromatic carbocycles. The summed E-state index contributed by atoms with van der Waals surface area (Å²) in [6.45, 7) is 0.255. The molecule has 6 rings (SSSR count). The maximum atomic E-state index is 14.1. The van der Waals surface area contributed by atoms with Crippen LogP contribution < -0.4 is 15.6 Å². The minimum atomic E-state index is -4.76. The van der Waals surface area contributed by atoms with Gasteiger partial charge in [-0.1, -0.05) is 47.7 Å². The molecule has 0 bridgehead atoms. The van der Waals surface area contributed by atoms with Crippen molar-refractivity contribution in [2.45, 2.75) is 31.7 Å². The first-order chi connectivity index (χ1) is 22.4. The van der Waals surface area contributed by atoms with Crippen LogP contribution in [0, 0.1) is 5.82 Å². The molecule has 0 radical (unpaired) electrons. The van der Waals surface area contributed by atoms with E-state index in [1.54, 1.807) is 34.2 Å². The monoisotopic (exact) mass is 683 g/mol. The number of urea groups is 1. The van der Waals surface area contributed by atoms with Crippen molar-refractivity contribution in [1.29, 1.82) is 0 Å². The number of nitrogens with zero attached hydrogens (tertiary/aromatic N) is 5. The first-order valence-electron chi connectivity index (χ1n) is 14.5. The van der Waals surface area contributed by atoms with Crippen LogP contribution in [0.4, 0.5) is 14.3 Å². The molecule has 5 N–H and O–H groups in total. The summed E-state index contributed by atoms with van der Waals surface area (Å²) in [5.74, 6) is -1.10. The number of benzene rings is 3. The van der Waals surface area contributed by atoms with Crippen LogP contribution in [0.25, 0.3) is 10.2 Å². The topological polar surface area (TPSA) is 182 Å². The molecule has 2 fully saturated rings. The van der Waals surface area contributed by atoms with E-state index in [1.165, 1.54) is 52.6 Å². The molecule has 0 aliphatic carbocycles. The smallest absolute Gasteiger partial charge is 0.404 e. The van der Waals surface area contributed by atoms with Crippen molar-refractivity contribution in [2.24, 2.45) is 0 Å². The fourth-order valence-corrected chi connectivity index (χ4v) is 7.04. The van der Waals surface area contributed by atoms with E-state index in [9.17, 15) is 23.3 Å². The number of carbonyl (C=O) groups excluding carboxylic acids is 3. The quantitative estimate of drug-likeness (QED) is 0.192. The molecule has 246 valence electrons. The number of halogens is 1. The Morgan fingerprint density at radius 1 is 1.13 bits per heavy atom. The van der Waals surface area contributed by atoms with Crippen LogP contribution in [0.2, 0.25) is 0 Å². The number of para-hydroxylation sites is 1. The number of amides is 4. The third-order valence-electron chi connectivity index (χ3n) is 8.06. The van der Waals surface area contributed by atoms with Gasteiger partial charge in [0.2, 0.25) is 11.8 Å². The van der Waals surface area contributed by atoms with E-state index < -0.39 is 31.9 Å². The number of anilines is 1. The SMILES string of the molecule is CN(C(=O)NCc1ccc(F)cc1)N1CC(=O)N2[C@H]1CN(Cc1cccc3sc(N)nc13)C(=O)[C@@H]2Cc1ccc(OP(=O)(O)O)cc1. The number of phosphoric ester groups is 1. The number of hydrazine groups is 1. The molecule has 4 amide bonds. The molecule has 1 aromatic heterocycles. The Balaban J connectivity index is 1.27. The van der Waals surface area contributed by atoms with Gasteiger partial charge >= 0.3 is 13.9 Å². The second-order valence-electron chi connectivity index (χ2n) is 11.2. The van der Waals surface area contributed by atoms with E-state index in [2.05, 4.69) is 14.8 Å². The zero-order chi connectivity index (χ0) is 33.5. The number of piperazine rings is 1. The van der Waals surface area contributed by atoms with Gasteiger partial charge in [0.15, 0.2) is 5.13 Å². The lowest BCUT2D eigenvalue weighted by atomic mass is 9.99. The third-order valence-corrected chi connectivity index (χ3v) is 9.36. The number of hydrogen-bond acceptors (Lipinski definition) is 9. The van der Waals surface area contributed by atoms with Gasteiger partial charge in [0.05, 0.1) is 23.3 Å².